The van der Waals surface area contributed by atoms with Crippen molar-refractivity contribution in [1.82, 2.24) is 5.32 Å². The second kappa shape index (κ2) is 3.92. The van der Waals surface area contributed by atoms with E-state index in [2.05, 4.69) is 5.32 Å². The predicted octanol–water partition coefficient (Wildman–Crippen LogP) is 0.411. The summed E-state index contributed by atoms with van der Waals surface area (Å²) in [5.74, 6) is -0.269. The molecule has 3 N–H and O–H groups in total. The molecule has 1 fully saturated rings. The zero-order chi connectivity index (χ0) is 14.4. The average Bonchev–Trinajstić information content (AvgIpc) is 2.82. The summed E-state index contributed by atoms with van der Waals surface area (Å²) in [6.07, 6.45) is 0.616. The normalized spacial score (nSPS) is 25.5. The first-order chi connectivity index (χ1) is 8.75. The molecular formula is C10H14N2O2S. The fraction of sp³-hybridized carbons (Fsp3) is 0.400. The number of primary sulfonamides is 1. The van der Waals surface area contributed by atoms with Gasteiger partial charge in [0.15, 0.2) is 0 Å². The van der Waals surface area contributed by atoms with Gasteiger partial charge in [-0.25, -0.2) is 13.6 Å². The van der Waals surface area contributed by atoms with Gasteiger partial charge in [0.05, 0.1) is 10.4 Å². The van der Waals surface area contributed by atoms with Gasteiger partial charge in [-0.2, -0.15) is 0 Å². The smallest absolute Gasteiger partial charge is 0.238 e. The minimum Gasteiger partial charge on any atom is -0.316 e. The number of hydrogen-bond acceptors (Lipinski definition) is 3. The molecule has 0 aliphatic carbocycles. The molecule has 0 radical (unpaired) electrons. The van der Waals surface area contributed by atoms with Crippen molar-refractivity contribution < 1.29 is 13.9 Å². The molecule has 1 heterocycles. The van der Waals surface area contributed by atoms with Gasteiger partial charge in [0.25, 0.3) is 0 Å². The van der Waals surface area contributed by atoms with Crippen LogP contribution in [0, 0.1) is 0 Å². The second-order valence-electron chi connectivity index (χ2n) is 3.48. The molecule has 82 valence electrons. The molecule has 0 saturated carbocycles. The van der Waals surface area contributed by atoms with Gasteiger partial charge >= 0.3 is 0 Å². The van der Waals surface area contributed by atoms with E-state index in [0.29, 0.717) is 19.5 Å². The van der Waals surface area contributed by atoms with Crippen LogP contribution in [0.25, 0.3) is 0 Å². The van der Waals surface area contributed by atoms with Gasteiger partial charge in [0.1, 0.15) is 0 Å². The van der Waals surface area contributed by atoms with Crippen molar-refractivity contribution >= 4 is 10.0 Å². The SMILES string of the molecule is [2H]c1c([2H])c([2H])c(S(N)(=O)=O)c([C@@H]2CCNC2)c1[2H]. The number of hydrogen-bond donors (Lipinski definition) is 2. The summed E-state index contributed by atoms with van der Waals surface area (Å²) in [6, 6.07) is -1.92. The average molecular weight is 230 g/mol. The monoisotopic (exact) mass is 230 g/mol. The molecule has 1 aliphatic rings. The summed E-state index contributed by atoms with van der Waals surface area (Å²) in [5.41, 5.74) is 0.0958. The van der Waals surface area contributed by atoms with Gasteiger partial charge in [-0.1, -0.05) is 18.1 Å². The van der Waals surface area contributed by atoms with Crippen LogP contribution in [0.4, 0.5) is 0 Å². The van der Waals surface area contributed by atoms with Crippen molar-refractivity contribution in [3.63, 3.8) is 0 Å². The summed E-state index contributed by atoms with van der Waals surface area (Å²) in [5, 5.41) is 8.16. The molecule has 0 unspecified atom stereocenters. The van der Waals surface area contributed by atoms with Gasteiger partial charge in [-0.3, -0.25) is 0 Å². The summed E-state index contributed by atoms with van der Waals surface area (Å²) < 4.78 is 54.1. The van der Waals surface area contributed by atoms with Gasteiger partial charge in [-0.05, 0) is 30.5 Å². The molecule has 1 saturated heterocycles. The van der Waals surface area contributed by atoms with Crippen LogP contribution in [-0.2, 0) is 10.0 Å². The van der Waals surface area contributed by atoms with Crippen molar-refractivity contribution in [2.45, 2.75) is 17.2 Å². The van der Waals surface area contributed by atoms with E-state index in [1.54, 1.807) is 0 Å². The standard InChI is InChI=1S/C10H14N2O2S/c11-15(13,14)10-4-2-1-3-9(10)8-5-6-12-7-8/h1-4,8,12H,5-7H2,(H2,11,13,14)/t8-/m1/s1/i1D,2D,3D,4D. The van der Waals surface area contributed by atoms with Gasteiger partial charge in [-0.15, -0.1) is 0 Å². The summed E-state index contributed by atoms with van der Waals surface area (Å²) in [4.78, 5) is -0.479. The van der Waals surface area contributed by atoms with Gasteiger partial charge in [0.2, 0.25) is 10.0 Å². The number of nitrogens with two attached hydrogens (primary N) is 1. The Labute approximate surface area is 95.2 Å². The lowest BCUT2D eigenvalue weighted by Gasteiger charge is -2.12. The maximum Gasteiger partial charge on any atom is 0.238 e. The van der Waals surface area contributed by atoms with E-state index in [1.165, 1.54) is 0 Å². The van der Waals surface area contributed by atoms with E-state index in [9.17, 15) is 8.42 Å². The highest BCUT2D eigenvalue weighted by Crippen LogP contribution is 2.27. The molecule has 1 atom stereocenters. The molecular weight excluding hydrogens is 212 g/mol. The summed E-state index contributed by atoms with van der Waals surface area (Å²) in [6.45, 7) is 1.15. The Morgan fingerprint density at radius 3 is 2.80 bits per heavy atom. The van der Waals surface area contributed by atoms with Crippen molar-refractivity contribution in [2.75, 3.05) is 13.1 Å². The minimum absolute atomic E-state index is 0.0958. The van der Waals surface area contributed by atoms with Crippen LogP contribution in [0.2, 0.25) is 0 Å². The lowest BCUT2D eigenvalue weighted by Crippen LogP contribution is -2.17. The Kier molecular flexibility index (Phi) is 1.73. The topological polar surface area (TPSA) is 72.2 Å². The van der Waals surface area contributed by atoms with Crippen molar-refractivity contribution in [1.29, 1.82) is 0 Å². The Bertz CT molecular complexity index is 627. The van der Waals surface area contributed by atoms with Crippen molar-refractivity contribution in [3.05, 3.63) is 29.7 Å². The van der Waals surface area contributed by atoms with Crippen LogP contribution in [0.3, 0.4) is 0 Å². The third kappa shape index (κ3) is 2.19. The molecule has 0 spiro atoms. The Hall–Kier alpha value is -0.910. The molecule has 1 aromatic rings. The number of benzene rings is 1. The molecule has 1 aromatic carbocycles. The van der Waals surface area contributed by atoms with Gasteiger partial charge < -0.3 is 5.32 Å². The molecule has 1 aliphatic heterocycles. The van der Waals surface area contributed by atoms with Crippen LogP contribution in [0.1, 0.15) is 23.4 Å². The number of rotatable bonds is 2. The van der Waals surface area contributed by atoms with Crippen LogP contribution in [0.15, 0.2) is 29.1 Å². The summed E-state index contributed by atoms with van der Waals surface area (Å²) >= 11 is 0. The van der Waals surface area contributed by atoms with E-state index < -0.39 is 33.0 Å². The van der Waals surface area contributed by atoms with Crippen molar-refractivity contribution in [2.24, 2.45) is 5.14 Å². The first kappa shape index (κ1) is 6.62. The highest BCUT2D eigenvalue weighted by atomic mass is 32.2. The maximum atomic E-state index is 11.7. The highest BCUT2D eigenvalue weighted by Gasteiger charge is 2.22. The Morgan fingerprint density at radius 2 is 2.20 bits per heavy atom. The largest absolute Gasteiger partial charge is 0.316 e. The van der Waals surface area contributed by atoms with Crippen LogP contribution in [-0.4, -0.2) is 21.5 Å². The second-order valence-corrected chi connectivity index (χ2v) is 4.98. The van der Waals surface area contributed by atoms with E-state index in [4.69, 9.17) is 10.6 Å². The molecule has 0 aromatic heterocycles. The van der Waals surface area contributed by atoms with Crippen LogP contribution < -0.4 is 10.5 Å². The van der Waals surface area contributed by atoms with Crippen molar-refractivity contribution in [3.8, 4) is 0 Å². The third-order valence-electron chi connectivity index (χ3n) is 2.43. The predicted molar refractivity (Wildman–Crippen MR) is 58.0 cm³/mol. The quantitative estimate of drug-likeness (QED) is 0.773. The first-order valence-corrected chi connectivity index (χ1v) is 6.13. The fourth-order valence-corrected chi connectivity index (χ4v) is 2.44. The van der Waals surface area contributed by atoms with E-state index in [0.717, 1.165) is 0 Å². The Morgan fingerprint density at radius 1 is 1.47 bits per heavy atom. The molecule has 0 amide bonds. The number of nitrogens with one attached hydrogen (secondary N) is 1. The van der Waals surface area contributed by atoms with E-state index >= 15 is 0 Å². The highest BCUT2D eigenvalue weighted by molar-refractivity contribution is 7.89. The fourth-order valence-electron chi connectivity index (χ4n) is 1.72. The zero-order valence-corrected chi connectivity index (χ0v) is 8.82. The molecule has 5 heteroatoms. The van der Waals surface area contributed by atoms with Crippen LogP contribution >= 0.6 is 0 Å². The lowest BCUT2D eigenvalue weighted by atomic mass is 9.99. The van der Waals surface area contributed by atoms with E-state index in [1.807, 2.05) is 0 Å². The maximum absolute atomic E-state index is 11.7. The summed E-state index contributed by atoms with van der Waals surface area (Å²) in [7, 11) is -4.20. The Balaban J connectivity index is 2.82. The van der Waals surface area contributed by atoms with E-state index in [-0.39, 0.29) is 17.5 Å². The van der Waals surface area contributed by atoms with Crippen LogP contribution in [0.5, 0.6) is 0 Å². The molecule has 15 heavy (non-hydrogen) atoms. The van der Waals surface area contributed by atoms with Gasteiger partial charge in [0, 0.05) is 6.54 Å². The first-order valence-electron chi connectivity index (χ1n) is 6.59. The minimum atomic E-state index is -4.20. The lowest BCUT2D eigenvalue weighted by molar-refractivity contribution is 0.594. The third-order valence-corrected chi connectivity index (χ3v) is 3.32. The molecule has 0 bridgehead atoms. The zero-order valence-electron chi connectivity index (χ0n) is 12.0. The number of sulfonamides is 1. The molecule has 4 nitrogen and oxygen atoms in total. The molecule has 2 rings (SSSR count).